The van der Waals surface area contributed by atoms with Crippen molar-refractivity contribution < 1.29 is 24.5 Å². The van der Waals surface area contributed by atoms with Crippen LogP contribution in [0.4, 0.5) is 4.79 Å². The van der Waals surface area contributed by atoms with E-state index in [1.54, 1.807) is 6.08 Å². The molecular weight excluding hydrogens is 274 g/mol. The molecular formula is C15H15NO5. The number of amides is 1. The van der Waals surface area contributed by atoms with Crippen LogP contribution >= 0.6 is 0 Å². The lowest BCUT2D eigenvalue weighted by Gasteiger charge is -2.27. The van der Waals surface area contributed by atoms with Gasteiger partial charge in [0.1, 0.15) is 0 Å². The highest BCUT2D eigenvalue weighted by atomic mass is 16.5. The molecule has 2 N–H and O–H groups in total. The molecule has 0 aromatic heterocycles. The van der Waals surface area contributed by atoms with E-state index in [2.05, 4.69) is 0 Å². The van der Waals surface area contributed by atoms with Crippen molar-refractivity contribution in [1.82, 2.24) is 4.90 Å². The molecule has 0 saturated carbocycles. The average molecular weight is 289 g/mol. The fraction of sp³-hybridized carbons (Fsp3) is 0.200. The van der Waals surface area contributed by atoms with Gasteiger partial charge in [0.25, 0.3) is 0 Å². The zero-order chi connectivity index (χ0) is 15.2. The van der Waals surface area contributed by atoms with Crippen LogP contribution in [-0.2, 0) is 16.1 Å². The molecule has 1 aromatic carbocycles. The molecule has 21 heavy (non-hydrogen) atoms. The minimum absolute atomic E-state index is 0.0555. The predicted molar refractivity (Wildman–Crippen MR) is 74.6 cm³/mol. The van der Waals surface area contributed by atoms with E-state index in [9.17, 15) is 14.7 Å². The summed E-state index contributed by atoms with van der Waals surface area (Å²) in [5, 5.41) is 18.2. The maximum atomic E-state index is 11.3. The largest absolute Gasteiger partial charge is 0.479 e. The van der Waals surface area contributed by atoms with Crippen LogP contribution in [0, 0.1) is 0 Å². The number of carbonyl (C=O) groups is 2. The Morgan fingerprint density at radius 2 is 1.86 bits per heavy atom. The highest BCUT2D eigenvalue weighted by molar-refractivity contribution is 5.84. The summed E-state index contributed by atoms with van der Waals surface area (Å²) in [6.07, 6.45) is 2.98. The molecule has 2 rings (SSSR count). The lowest BCUT2D eigenvalue weighted by Crippen LogP contribution is -2.44. The first-order valence-corrected chi connectivity index (χ1v) is 6.32. The molecule has 0 spiro atoms. The second-order valence-corrected chi connectivity index (χ2v) is 4.49. The summed E-state index contributed by atoms with van der Waals surface area (Å²) in [5.41, 5.74) is 1.36. The summed E-state index contributed by atoms with van der Waals surface area (Å²) >= 11 is 0. The third kappa shape index (κ3) is 3.70. The molecule has 110 valence electrons. The number of rotatable bonds is 5. The fourth-order valence-corrected chi connectivity index (χ4v) is 2.06. The van der Waals surface area contributed by atoms with Crippen molar-refractivity contribution in [2.24, 2.45) is 0 Å². The summed E-state index contributed by atoms with van der Waals surface area (Å²) in [6, 6.07) is 8.20. The SMILES string of the molecule is O=C(O)C1C(COCc2ccccc2)=CC=CN1C(=O)O. The Kier molecular flexibility index (Phi) is 4.73. The van der Waals surface area contributed by atoms with Gasteiger partial charge in [-0.25, -0.2) is 9.59 Å². The van der Waals surface area contributed by atoms with Crippen molar-refractivity contribution in [3.05, 3.63) is 59.8 Å². The number of nitrogens with zero attached hydrogens (tertiary/aromatic N) is 1. The van der Waals surface area contributed by atoms with Crippen LogP contribution in [0.1, 0.15) is 5.56 Å². The zero-order valence-corrected chi connectivity index (χ0v) is 11.2. The number of ether oxygens (including phenoxy) is 1. The van der Waals surface area contributed by atoms with E-state index in [-0.39, 0.29) is 6.61 Å². The number of aliphatic carboxylic acids is 1. The van der Waals surface area contributed by atoms with Crippen molar-refractivity contribution in [1.29, 1.82) is 0 Å². The number of allylic oxidation sites excluding steroid dienone is 2. The Hall–Kier alpha value is -2.60. The van der Waals surface area contributed by atoms with E-state index in [0.717, 1.165) is 10.5 Å². The number of benzene rings is 1. The first-order valence-electron chi connectivity index (χ1n) is 6.32. The minimum atomic E-state index is -1.31. The van der Waals surface area contributed by atoms with E-state index in [1.807, 2.05) is 30.3 Å². The zero-order valence-electron chi connectivity index (χ0n) is 11.2. The monoisotopic (exact) mass is 289 g/mol. The van der Waals surface area contributed by atoms with Gasteiger partial charge in [0.15, 0.2) is 6.04 Å². The summed E-state index contributed by atoms with van der Waals surface area (Å²) in [6.45, 7) is 0.390. The Bertz CT molecular complexity index is 579. The molecule has 1 aliphatic heterocycles. The Labute approximate surface area is 121 Å². The molecule has 0 fully saturated rings. The molecule has 0 saturated heterocycles. The van der Waals surface area contributed by atoms with Gasteiger partial charge in [0.2, 0.25) is 0 Å². The number of hydrogen-bond acceptors (Lipinski definition) is 3. The summed E-state index contributed by atoms with van der Waals surface area (Å²) in [5.74, 6) is -1.23. The summed E-state index contributed by atoms with van der Waals surface area (Å²) in [4.78, 5) is 23.1. The van der Waals surface area contributed by atoms with Gasteiger partial charge in [-0.3, -0.25) is 4.90 Å². The Morgan fingerprint density at radius 3 is 2.48 bits per heavy atom. The molecule has 6 heteroatoms. The number of hydrogen-bond donors (Lipinski definition) is 2. The first-order chi connectivity index (χ1) is 10.1. The van der Waals surface area contributed by atoms with Gasteiger partial charge in [0.05, 0.1) is 13.2 Å². The van der Waals surface area contributed by atoms with E-state index >= 15 is 0 Å². The van der Waals surface area contributed by atoms with E-state index < -0.39 is 18.1 Å². The molecule has 0 aliphatic carbocycles. The van der Waals surface area contributed by atoms with Crippen LogP contribution in [0.2, 0.25) is 0 Å². The molecule has 6 nitrogen and oxygen atoms in total. The van der Waals surface area contributed by atoms with Crippen molar-refractivity contribution in [2.75, 3.05) is 6.61 Å². The fourth-order valence-electron chi connectivity index (χ4n) is 2.06. The van der Waals surface area contributed by atoms with Crippen LogP contribution in [-0.4, -0.2) is 39.8 Å². The average Bonchev–Trinajstić information content (AvgIpc) is 2.47. The first kappa shape index (κ1) is 14.8. The quantitative estimate of drug-likeness (QED) is 0.866. The number of carboxylic acids is 1. The van der Waals surface area contributed by atoms with E-state index in [1.165, 1.54) is 12.3 Å². The van der Waals surface area contributed by atoms with Gasteiger partial charge in [0, 0.05) is 6.20 Å². The van der Waals surface area contributed by atoms with Gasteiger partial charge in [-0.1, -0.05) is 36.4 Å². The topological polar surface area (TPSA) is 87.1 Å². The molecule has 0 bridgehead atoms. The van der Waals surface area contributed by atoms with E-state index in [0.29, 0.717) is 12.2 Å². The molecule has 1 aliphatic rings. The molecule has 1 aromatic rings. The van der Waals surface area contributed by atoms with Gasteiger partial charge in [-0.2, -0.15) is 0 Å². The smallest absolute Gasteiger partial charge is 0.412 e. The Balaban J connectivity index is 2.00. The molecule has 0 radical (unpaired) electrons. The molecule has 1 heterocycles. The van der Waals surface area contributed by atoms with Gasteiger partial charge < -0.3 is 14.9 Å². The van der Waals surface area contributed by atoms with Crippen molar-refractivity contribution in [3.63, 3.8) is 0 Å². The van der Waals surface area contributed by atoms with Crippen LogP contribution in [0.3, 0.4) is 0 Å². The van der Waals surface area contributed by atoms with Crippen LogP contribution in [0.5, 0.6) is 0 Å². The second-order valence-electron chi connectivity index (χ2n) is 4.49. The lowest BCUT2D eigenvalue weighted by atomic mass is 10.0. The normalized spacial score (nSPS) is 17.4. The lowest BCUT2D eigenvalue weighted by molar-refractivity contribution is -0.140. The summed E-state index contributed by atoms with van der Waals surface area (Å²) in [7, 11) is 0. The highest BCUT2D eigenvalue weighted by Crippen LogP contribution is 2.18. The molecule has 1 amide bonds. The second kappa shape index (κ2) is 6.71. The maximum absolute atomic E-state index is 11.3. The van der Waals surface area contributed by atoms with Crippen molar-refractivity contribution in [2.45, 2.75) is 12.6 Å². The molecule has 1 atom stereocenters. The minimum Gasteiger partial charge on any atom is -0.479 e. The highest BCUT2D eigenvalue weighted by Gasteiger charge is 2.33. The number of carboxylic acid groups (broad SMARTS) is 2. The van der Waals surface area contributed by atoms with Crippen LogP contribution in [0.15, 0.2) is 54.3 Å². The van der Waals surface area contributed by atoms with Gasteiger partial charge in [-0.15, -0.1) is 0 Å². The van der Waals surface area contributed by atoms with Crippen LogP contribution in [0.25, 0.3) is 0 Å². The van der Waals surface area contributed by atoms with Gasteiger partial charge in [-0.05, 0) is 17.2 Å². The maximum Gasteiger partial charge on any atom is 0.412 e. The molecule has 1 unspecified atom stereocenters. The van der Waals surface area contributed by atoms with E-state index in [4.69, 9.17) is 9.84 Å². The predicted octanol–water partition coefficient (Wildman–Crippen LogP) is 2.09. The summed E-state index contributed by atoms with van der Waals surface area (Å²) < 4.78 is 5.48. The van der Waals surface area contributed by atoms with Crippen molar-refractivity contribution >= 4 is 12.1 Å². The van der Waals surface area contributed by atoms with Crippen molar-refractivity contribution in [3.8, 4) is 0 Å². The van der Waals surface area contributed by atoms with Gasteiger partial charge >= 0.3 is 12.1 Å². The third-order valence-electron chi connectivity index (χ3n) is 3.02. The Morgan fingerprint density at radius 1 is 1.14 bits per heavy atom. The van der Waals surface area contributed by atoms with Crippen LogP contribution < -0.4 is 0 Å². The third-order valence-corrected chi connectivity index (χ3v) is 3.02. The standard InChI is InChI=1S/C15H15NO5/c17-14(18)13-12(7-4-8-16(13)15(19)20)10-21-9-11-5-2-1-3-6-11/h1-8,13H,9-10H2,(H,17,18)(H,19,20).